The van der Waals surface area contributed by atoms with Crippen LogP contribution in [-0.2, 0) is 12.8 Å². The van der Waals surface area contributed by atoms with Crippen LogP contribution < -0.4 is 0 Å². The minimum atomic E-state index is 1.05. The number of nitrogens with one attached hydrogen (secondary N) is 1. The van der Waals surface area contributed by atoms with Crippen LogP contribution in [0.3, 0.4) is 0 Å². The summed E-state index contributed by atoms with van der Waals surface area (Å²) in [6.45, 7) is 8.87. The Bertz CT molecular complexity index is 928. The summed E-state index contributed by atoms with van der Waals surface area (Å²) in [6, 6.07) is 17.2. The molecule has 0 saturated heterocycles. The van der Waals surface area contributed by atoms with Crippen LogP contribution in [0.4, 0.5) is 0 Å². The molecule has 1 heterocycles. The SMILES string of the molecule is BCC=C(c1ccccc1C)c1ccccc1C.CCCCCCc1nc[nH]c1CCCCCC. The summed E-state index contributed by atoms with van der Waals surface area (Å²) < 4.78 is 0. The van der Waals surface area contributed by atoms with E-state index in [0.29, 0.717) is 0 Å². The summed E-state index contributed by atoms with van der Waals surface area (Å²) in [4.78, 5) is 7.77. The summed E-state index contributed by atoms with van der Waals surface area (Å²) in [6.07, 6.45) is 18.2. The topological polar surface area (TPSA) is 28.7 Å². The first-order valence-corrected chi connectivity index (χ1v) is 14.0. The molecule has 1 N–H and O–H groups in total. The molecule has 188 valence electrons. The standard InChI is InChI=1S/C17H19B.C15H28N2/c1-13-7-3-5-9-15(13)17(11-12-18)16-10-6-4-8-14(16)2;1-3-5-7-9-11-14-15(17-13-16-14)12-10-8-6-4-2/h3-11H,12,18H2,1-2H3;13H,3-12H2,1-2H3,(H,16,17). The molecular formula is C32H47BN2. The number of aromatic nitrogens is 2. The van der Waals surface area contributed by atoms with Gasteiger partial charge in [-0.25, -0.2) is 4.98 Å². The summed E-state index contributed by atoms with van der Waals surface area (Å²) in [5.74, 6) is 0. The monoisotopic (exact) mass is 470 g/mol. The van der Waals surface area contributed by atoms with Crippen molar-refractivity contribution in [3.63, 3.8) is 0 Å². The maximum absolute atomic E-state index is 4.46. The zero-order chi connectivity index (χ0) is 25.3. The molecule has 3 heteroatoms. The summed E-state index contributed by atoms with van der Waals surface area (Å²) >= 11 is 0. The van der Waals surface area contributed by atoms with Gasteiger partial charge in [-0.3, -0.25) is 0 Å². The highest BCUT2D eigenvalue weighted by Crippen LogP contribution is 2.28. The van der Waals surface area contributed by atoms with Gasteiger partial charge < -0.3 is 4.98 Å². The number of unbranched alkanes of at least 4 members (excludes halogenated alkanes) is 6. The van der Waals surface area contributed by atoms with Gasteiger partial charge in [-0.2, -0.15) is 0 Å². The maximum Gasteiger partial charge on any atom is 0.106 e. The van der Waals surface area contributed by atoms with Gasteiger partial charge in [0.05, 0.1) is 12.0 Å². The van der Waals surface area contributed by atoms with E-state index in [4.69, 9.17) is 0 Å². The van der Waals surface area contributed by atoms with E-state index in [1.807, 2.05) is 6.33 Å². The van der Waals surface area contributed by atoms with Crippen molar-refractivity contribution in [2.45, 2.75) is 98.2 Å². The second-order valence-corrected chi connectivity index (χ2v) is 9.60. The van der Waals surface area contributed by atoms with Crippen LogP contribution in [0.2, 0.25) is 6.32 Å². The van der Waals surface area contributed by atoms with Crippen LogP contribution in [0.1, 0.15) is 98.9 Å². The van der Waals surface area contributed by atoms with E-state index in [1.165, 1.54) is 97.0 Å². The van der Waals surface area contributed by atoms with E-state index < -0.39 is 0 Å². The van der Waals surface area contributed by atoms with Crippen molar-refractivity contribution >= 4 is 13.4 Å². The van der Waals surface area contributed by atoms with Crippen molar-refractivity contribution in [2.24, 2.45) is 0 Å². The van der Waals surface area contributed by atoms with E-state index in [2.05, 4.69) is 100 Å². The van der Waals surface area contributed by atoms with Crippen LogP contribution in [0.15, 0.2) is 60.9 Å². The molecule has 35 heavy (non-hydrogen) atoms. The number of aryl methyl sites for hydroxylation is 4. The Balaban J connectivity index is 0.000000247. The van der Waals surface area contributed by atoms with Crippen LogP contribution in [-0.4, -0.2) is 17.8 Å². The molecule has 1 aromatic heterocycles. The van der Waals surface area contributed by atoms with Crippen molar-refractivity contribution in [3.05, 3.63) is 94.6 Å². The highest BCUT2D eigenvalue weighted by molar-refractivity contribution is 6.10. The Morgan fingerprint density at radius 1 is 0.771 bits per heavy atom. The Labute approximate surface area is 216 Å². The smallest absolute Gasteiger partial charge is 0.106 e. The summed E-state index contributed by atoms with van der Waals surface area (Å²) in [5, 5.41) is 0. The highest BCUT2D eigenvalue weighted by Gasteiger charge is 2.09. The molecule has 2 nitrogen and oxygen atoms in total. The normalized spacial score (nSPS) is 10.5. The third-order valence-corrected chi connectivity index (χ3v) is 6.63. The first kappa shape index (κ1) is 28.7. The highest BCUT2D eigenvalue weighted by atomic mass is 14.9. The zero-order valence-electron chi connectivity index (χ0n) is 23.0. The number of hydrogen-bond acceptors (Lipinski definition) is 1. The molecule has 0 aliphatic carbocycles. The van der Waals surface area contributed by atoms with Gasteiger partial charge in [0.15, 0.2) is 0 Å². The van der Waals surface area contributed by atoms with E-state index in [-0.39, 0.29) is 0 Å². The molecule has 0 atom stereocenters. The lowest BCUT2D eigenvalue weighted by Crippen LogP contribution is -1.94. The molecule has 0 aliphatic heterocycles. The Morgan fingerprint density at radius 3 is 1.83 bits per heavy atom. The van der Waals surface area contributed by atoms with Gasteiger partial charge in [-0.05, 0) is 67.4 Å². The molecule has 0 bridgehead atoms. The van der Waals surface area contributed by atoms with E-state index in [0.717, 1.165) is 12.7 Å². The van der Waals surface area contributed by atoms with Gasteiger partial charge in [0.1, 0.15) is 7.85 Å². The molecule has 0 aliphatic rings. The van der Waals surface area contributed by atoms with Crippen LogP contribution >= 0.6 is 0 Å². The van der Waals surface area contributed by atoms with Crippen molar-refractivity contribution in [2.75, 3.05) is 0 Å². The Kier molecular flexibility index (Phi) is 13.9. The quantitative estimate of drug-likeness (QED) is 0.197. The molecule has 2 aromatic carbocycles. The number of aromatic amines is 1. The third kappa shape index (κ3) is 9.92. The lowest BCUT2D eigenvalue weighted by atomic mass is 9.89. The molecule has 0 radical (unpaired) electrons. The van der Waals surface area contributed by atoms with Crippen molar-refractivity contribution in [3.8, 4) is 0 Å². The average Bonchev–Trinajstić information content (AvgIpc) is 3.32. The van der Waals surface area contributed by atoms with Crippen LogP contribution in [0, 0.1) is 13.8 Å². The van der Waals surface area contributed by atoms with Gasteiger partial charge in [-0.15, -0.1) is 0 Å². The van der Waals surface area contributed by atoms with E-state index in [9.17, 15) is 0 Å². The first-order chi connectivity index (χ1) is 17.1. The maximum atomic E-state index is 4.46. The van der Waals surface area contributed by atoms with Gasteiger partial charge in [0.25, 0.3) is 0 Å². The van der Waals surface area contributed by atoms with Crippen molar-refractivity contribution in [1.82, 2.24) is 9.97 Å². The number of rotatable bonds is 13. The van der Waals surface area contributed by atoms with Crippen LogP contribution in [0.5, 0.6) is 0 Å². The van der Waals surface area contributed by atoms with Gasteiger partial charge in [-0.1, -0.05) is 113 Å². The predicted octanol–water partition coefficient (Wildman–Crippen LogP) is 8.44. The van der Waals surface area contributed by atoms with E-state index in [1.54, 1.807) is 0 Å². The number of benzene rings is 2. The van der Waals surface area contributed by atoms with Crippen molar-refractivity contribution in [1.29, 1.82) is 0 Å². The number of allylic oxidation sites excluding steroid dienone is 1. The summed E-state index contributed by atoms with van der Waals surface area (Å²) in [5.41, 5.74) is 9.41. The fourth-order valence-corrected chi connectivity index (χ4v) is 4.55. The van der Waals surface area contributed by atoms with E-state index >= 15 is 0 Å². The predicted molar refractivity (Wildman–Crippen MR) is 157 cm³/mol. The Hall–Kier alpha value is -2.55. The molecule has 0 saturated carbocycles. The number of imidazole rings is 1. The Morgan fingerprint density at radius 2 is 1.31 bits per heavy atom. The number of hydrogen-bond donors (Lipinski definition) is 1. The van der Waals surface area contributed by atoms with Gasteiger partial charge in [0, 0.05) is 5.69 Å². The molecule has 3 rings (SSSR count). The van der Waals surface area contributed by atoms with Crippen LogP contribution in [0.25, 0.3) is 5.57 Å². The third-order valence-electron chi connectivity index (χ3n) is 6.63. The second-order valence-electron chi connectivity index (χ2n) is 9.60. The second kappa shape index (κ2) is 17.0. The lowest BCUT2D eigenvalue weighted by Gasteiger charge is -2.13. The molecule has 0 amide bonds. The van der Waals surface area contributed by atoms with Gasteiger partial charge in [0.2, 0.25) is 0 Å². The lowest BCUT2D eigenvalue weighted by molar-refractivity contribution is 0.643. The molecule has 0 unspecified atom stereocenters. The minimum Gasteiger partial charge on any atom is -0.348 e. The molecular weight excluding hydrogens is 423 g/mol. The molecule has 0 fully saturated rings. The fraction of sp³-hybridized carbons (Fsp3) is 0.469. The molecule has 3 aromatic rings. The molecule has 0 spiro atoms. The number of H-pyrrole nitrogens is 1. The zero-order valence-corrected chi connectivity index (χ0v) is 23.0. The minimum absolute atomic E-state index is 1.05. The average molecular weight is 471 g/mol. The number of nitrogens with zero attached hydrogens (tertiary/aromatic N) is 1. The largest absolute Gasteiger partial charge is 0.348 e. The fourth-order valence-electron chi connectivity index (χ4n) is 4.55. The first-order valence-electron chi connectivity index (χ1n) is 14.0. The van der Waals surface area contributed by atoms with Crippen molar-refractivity contribution < 1.29 is 0 Å². The van der Waals surface area contributed by atoms with Gasteiger partial charge >= 0.3 is 0 Å². The summed E-state index contributed by atoms with van der Waals surface area (Å²) in [7, 11) is 2.19.